The van der Waals surface area contributed by atoms with Crippen molar-refractivity contribution >= 4 is 17.5 Å². The Bertz CT molecular complexity index is 493. The highest BCUT2D eigenvalue weighted by Crippen LogP contribution is 2.08. The summed E-state index contributed by atoms with van der Waals surface area (Å²) >= 11 is 5.39. The van der Waals surface area contributed by atoms with Crippen molar-refractivity contribution in [1.82, 2.24) is 15.1 Å². The van der Waals surface area contributed by atoms with Crippen LogP contribution in [0.2, 0.25) is 0 Å². The summed E-state index contributed by atoms with van der Waals surface area (Å²) in [5.74, 6) is -0.122. The van der Waals surface area contributed by atoms with Crippen molar-refractivity contribution in [3.8, 4) is 5.69 Å². The van der Waals surface area contributed by atoms with Crippen LogP contribution in [-0.2, 0) is 11.2 Å². The van der Waals surface area contributed by atoms with Gasteiger partial charge >= 0.3 is 0 Å². The fourth-order valence-electron chi connectivity index (χ4n) is 1.63. The van der Waals surface area contributed by atoms with Crippen LogP contribution in [0.5, 0.6) is 0 Å². The molecule has 0 saturated carbocycles. The summed E-state index contributed by atoms with van der Waals surface area (Å²) < 4.78 is 1.80. The number of nitrogens with zero attached hydrogens (tertiary/aromatic N) is 2. The maximum Gasteiger partial charge on any atom is 0.234 e. The quantitative estimate of drug-likeness (QED) is 0.836. The molecule has 1 N–H and O–H groups in total. The Kier molecular flexibility index (Phi) is 4.36. The second-order valence-electron chi connectivity index (χ2n) is 3.85. The lowest BCUT2D eigenvalue weighted by atomic mass is 10.1. The number of carbonyl (C=O) groups excluding carboxylic acids is 1. The number of hydrogen-bond donors (Lipinski definition) is 1. The van der Waals surface area contributed by atoms with Crippen molar-refractivity contribution in [2.75, 3.05) is 12.4 Å². The molecule has 0 fully saturated rings. The molecule has 18 heavy (non-hydrogen) atoms. The number of rotatable bonds is 5. The van der Waals surface area contributed by atoms with Crippen molar-refractivity contribution in [2.45, 2.75) is 6.42 Å². The van der Waals surface area contributed by atoms with E-state index in [0.29, 0.717) is 6.54 Å². The van der Waals surface area contributed by atoms with Gasteiger partial charge in [0.15, 0.2) is 0 Å². The summed E-state index contributed by atoms with van der Waals surface area (Å²) in [5, 5.41) is 6.89. The van der Waals surface area contributed by atoms with E-state index in [-0.39, 0.29) is 11.8 Å². The third-order valence-electron chi connectivity index (χ3n) is 2.56. The molecule has 0 aliphatic carbocycles. The molecule has 4 nitrogen and oxygen atoms in total. The predicted molar refractivity (Wildman–Crippen MR) is 71.0 cm³/mol. The van der Waals surface area contributed by atoms with Crippen molar-refractivity contribution in [3.05, 3.63) is 48.3 Å². The fraction of sp³-hybridized carbons (Fsp3) is 0.231. The largest absolute Gasteiger partial charge is 0.355 e. The highest BCUT2D eigenvalue weighted by molar-refractivity contribution is 6.27. The summed E-state index contributed by atoms with van der Waals surface area (Å²) in [6, 6.07) is 9.96. The van der Waals surface area contributed by atoms with Gasteiger partial charge in [-0.25, -0.2) is 4.68 Å². The normalized spacial score (nSPS) is 10.3. The van der Waals surface area contributed by atoms with Gasteiger partial charge < -0.3 is 5.32 Å². The summed E-state index contributed by atoms with van der Waals surface area (Å²) in [4.78, 5) is 11.0. The molecule has 1 aromatic heterocycles. The number of amides is 1. The topological polar surface area (TPSA) is 46.9 Å². The summed E-state index contributed by atoms with van der Waals surface area (Å²) in [7, 11) is 0. The molecule has 2 aromatic rings. The molecule has 0 aliphatic rings. The van der Waals surface area contributed by atoms with Crippen LogP contribution in [0.1, 0.15) is 5.56 Å². The molecule has 0 saturated heterocycles. The van der Waals surface area contributed by atoms with Crippen molar-refractivity contribution in [3.63, 3.8) is 0 Å². The molecule has 0 unspecified atom stereocenters. The molecule has 5 heteroatoms. The van der Waals surface area contributed by atoms with Gasteiger partial charge in [-0.3, -0.25) is 4.79 Å². The third kappa shape index (κ3) is 3.34. The van der Waals surface area contributed by atoms with Crippen LogP contribution >= 0.6 is 11.6 Å². The first-order valence-electron chi connectivity index (χ1n) is 5.71. The number of benzene rings is 1. The zero-order valence-electron chi connectivity index (χ0n) is 9.84. The molecule has 0 bridgehead atoms. The lowest BCUT2D eigenvalue weighted by Crippen LogP contribution is -2.26. The Morgan fingerprint density at radius 3 is 2.72 bits per heavy atom. The molecule has 0 atom stereocenters. The first-order chi connectivity index (χ1) is 8.79. The lowest BCUT2D eigenvalue weighted by Gasteiger charge is -2.05. The highest BCUT2D eigenvalue weighted by atomic mass is 35.5. The van der Waals surface area contributed by atoms with E-state index < -0.39 is 0 Å². The monoisotopic (exact) mass is 263 g/mol. The van der Waals surface area contributed by atoms with Crippen LogP contribution in [0.3, 0.4) is 0 Å². The Balaban J connectivity index is 1.90. The van der Waals surface area contributed by atoms with E-state index in [1.807, 2.05) is 36.5 Å². The van der Waals surface area contributed by atoms with Crippen LogP contribution in [-0.4, -0.2) is 28.1 Å². The number of halogens is 1. The zero-order chi connectivity index (χ0) is 12.8. The molecular weight excluding hydrogens is 250 g/mol. The number of alkyl halides is 1. The minimum atomic E-state index is -0.134. The second-order valence-corrected chi connectivity index (χ2v) is 4.12. The minimum absolute atomic E-state index is 0.0121. The Morgan fingerprint density at radius 2 is 2.11 bits per heavy atom. The average Bonchev–Trinajstić information content (AvgIpc) is 2.93. The van der Waals surface area contributed by atoms with E-state index in [4.69, 9.17) is 11.6 Å². The van der Waals surface area contributed by atoms with Gasteiger partial charge in [0.2, 0.25) is 5.91 Å². The summed E-state index contributed by atoms with van der Waals surface area (Å²) in [6.45, 7) is 0.604. The second kappa shape index (κ2) is 6.21. The standard InChI is InChI=1S/C13H14ClN3O/c14-10-13(18)15-8-6-11-2-4-12(5-3-11)17-9-1-7-16-17/h1-5,7,9H,6,8,10H2,(H,15,18). The SMILES string of the molecule is O=C(CCl)NCCc1ccc(-n2cccn2)cc1. The Hall–Kier alpha value is -1.81. The van der Waals surface area contributed by atoms with Crippen LogP contribution in [0.25, 0.3) is 5.69 Å². The van der Waals surface area contributed by atoms with Gasteiger partial charge in [-0.15, -0.1) is 11.6 Å². The van der Waals surface area contributed by atoms with Crippen LogP contribution in [0.4, 0.5) is 0 Å². The van der Waals surface area contributed by atoms with Crippen LogP contribution < -0.4 is 5.32 Å². The molecular formula is C13H14ClN3O. The third-order valence-corrected chi connectivity index (χ3v) is 2.81. The van der Waals surface area contributed by atoms with Crippen molar-refractivity contribution in [1.29, 1.82) is 0 Å². The van der Waals surface area contributed by atoms with Crippen LogP contribution in [0.15, 0.2) is 42.7 Å². The maximum absolute atomic E-state index is 11.0. The Morgan fingerprint density at radius 1 is 1.33 bits per heavy atom. The van der Waals surface area contributed by atoms with E-state index in [1.54, 1.807) is 10.9 Å². The number of hydrogen-bond acceptors (Lipinski definition) is 2. The van der Waals surface area contributed by atoms with E-state index in [9.17, 15) is 4.79 Å². The molecule has 1 amide bonds. The van der Waals surface area contributed by atoms with Gasteiger partial charge in [0, 0.05) is 18.9 Å². The number of nitrogens with one attached hydrogen (secondary N) is 1. The van der Waals surface area contributed by atoms with E-state index in [1.165, 1.54) is 5.56 Å². The molecule has 0 spiro atoms. The maximum atomic E-state index is 11.0. The summed E-state index contributed by atoms with van der Waals surface area (Å²) in [5.41, 5.74) is 2.19. The van der Waals surface area contributed by atoms with Crippen molar-refractivity contribution < 1.29 is 4.79 Å². The van der Waals surface area contributed by atoms with E-state index in [0.717, 1.165) is 12.1 Å². The minimum Gasteiger partial charge on any atom is -0.355 e. The molecule has 0 aliphatic heterocycles. The number of carbonyl (C=O) groups is 1. The lowest BCUT2D eigenvalue weighted by molar-refractivity contribution is -0.118. The zero-order valence-corrected chi connectivity index (χ0v) is 10.6. The van der Waals surface area contributed by atoms with Gasteiger partial charge in [-0.1, -0.05) is 12.1 Å². The predicted octanol–water partition coefficient (Wildman–Crippen LogP) is 1.77. The molecule has 2 rings (SSSR count). The number of aromatic nitrogens is 2. The fourth-order valence-corrected chi connectivity index (χ4v) is 1.72. The molecule has 94 valence electrons. The van der Waals surface area contributed by atoms with Gasteiger partial charge in [0.1, 0.15) is 5.88 Å². The van der Waals surface area contributed by atoms with E-state index in [2.05, 4.69) is 10.4 Å². The molecule has 1 heterocycles. The van der Waals surface area contributed by atoms with E-state index >= 15 is 0 Å². The molecule has 1 aromatic carbocycles. The van der Waals surface area contributed by atoms with Crippen LogP contribution in [0, 0.1) is 0 Å². The smallest absolute Gasteiger partial charge is 0.234 e. The first-order valence-corrected chi connectivity index (χ1v) is 6.24. The average molecular weight is 264 g/mol. The first kappa shape index (κ1) is 12.6. The van der Waals surface area contributed by atoms with Crippen molar-refractivity contribution in [2.24, 2.45) is 0 Å². The highest BCUT2D eigenvalue weighted by Gasteiger charge is 1.99. The molecule has 0 radical (unpaired) electrons. The van der Waals surface area contributed by atoms with Gasteiger partial charge in [-0.2, -0.15) is 5.10 Å². The van der Waals surface area contributed by atoms with Gasteiger partial charge in [-0.05, 0) is 30.2 Å². The summed E-state index contributed by atoms with van der Waals surface area (Å²) in [6.07, 6.45) is 4.44. The van der Waals surface area contributed by atoms with Gasteiger partial charge in [0.05, 0.1) is 5.69 Å². The van der Waals surface area contributed by atoms with Gasteiger partial charge in [0.25, 0.3) is 0 Å². The Labute approximate surface area is 111 Å².